The highest BCUT2D eigenvalue weighted by atomic mass is 16.5. The smallest absolute Gasteiger partial charge is 0.247 e. The third-order valence-electron chi connectivity index (χ3n) is 5.79. The Kier molecular flexibility index (Phi) is 5.56. The minimum atomic E-state index is -0.557. The Balaban J connectivity index is 1.54. The molecule has 1 N–H and O–H groups in total. The van der Waals surface area contributed by atoms with Crippen molar-refractivity contribution >= 4 is 11.8 Å². The number of amides is 2. The van der Waals surface area contributed by atoms with Gasteiger partial charge in [0, 0.05) is 12.5 Å². The summed E-state index contributed by atoms with van der Waals surface area (Å²) in [6.45, 7) is 5.14. The number of hydrogen-bond acceptors (Lipinski definition) is 3. The summed E-state index contributed by atoms with van der Waals surface area (Å²) in [6, 6.07) is 15.0. The molecule has 0 spiro atoms. The van der Waals surface area contributed by atoms with Crippen LogP contribution in [0.25, 0.3) is 0 Å². The van der Waals surface area contributed by atoms with Gasteiger partial charge in [0.15, 0.2) is 0 Å². The predicted molar refractivity (Wildman–Crippen MR) is 111 cm³/mol. The Morgan fingerprint density at radius 1 is 1.14 bits per heavy atom. The highest BCUT2D eigenvalue weighted by molar-refractivity contribution is 5.91. The van der Waals surface area contributed by atoms with E-state index in [4.69, 9.17) is 4.74 Å². The second-order valence-corrected chi connectivity index (χ2v) is 7.89. The summed E-state index contributed by atoms with van der Waals surface area (Å²) in [4.78, 5) is 28.0. The van der Waals surface area contributed by atoms with Crippen LogP contribution in [0.3, 0.4) is 0 Å². The van der Waals surface area contributed by atoms with E-state index >= 15 is 0 Å². The van der Waals surface area contributed by atoms with Crippen LogP contribution in [-0.4, -0.2) is 29.9 Å². The van der Waals surface area contributed by atoms with Gasteiger partial charge in [0.1, 0.15) is 11.8 Å². The lowest BCUT2D eigenvalue weighted by Crippen LogP contribution is -2.48. The van der Waals surface area contributed by atoms with Crippen molar-refractivity contribution in [1.82, 2.24) is 10.2 Å². The molecule has 2 aromatic carbocycles. The summed E-state index contributed by atoms with van der Waals surface area (Å²) < 4.78 is 5.49. The molecule has 2 aromatic rings. The number of carbonyl (C=O) groups is 2. The van der Waals surface area contributed by atoms with Crippen molar-refractivity contribution < 1.29 is 14.3 Å². The molecule has 29 heavy (non-hydrogen) atoms. The molecule has 0 aromatic heterocycles. The van der Waals surface area contributed by atoms with Crippen molar-refractivity contribution in [2.24, 2.45) is 5.92 Å². The number of nitrogens with one attached hydrogen (secondary N) is 1. The number of fused-ring (bicyclic) bond motifs is 1. The maximum atomic E-state index is 13.3. The maximum absolute atomic E-state index is 13.3. The molecule has 1 saturated carbocycles. The third-order valence-corrected chi connectivity index (χ3v) is 5.79. The molecule has 1 aliphatic carbocycles. The fourth-order valence-electron chi connectivity index (χ4n) is 4.05. The second-order valence-electron chi connectivity index (χ2n) is 7.89. The summed E-state index contributed by atoms with van der Waals surface area (Å²) in [5.41, 5.74) is 3.11. The molecular formula is C24H28N2O3. The van der Waals surface area contributed by atoms with Gasteiger partial charge in [0.05, 0.1) is 12.6 Å². The van der Waals surface area contributed by atoms with Gasteiger partial charge >= 0.3 is 0 Å². The van der Waals surface area contributed by atoms with E-state index in [0.29, 0.717) is 13.2 Å². The van der Waals surface area contributed by atoms with Crippen LogP contribution in [0.4, 0.5) is 0 Å². The van der Waals surface area contributed by atoms with Gasteiger partial charge in [-0.2, -0.15) is 0 Å². The first-order chi connectivity index (χ1) is 14.1. The lowest BCUT2D eigenvalue weighted by molar-refractivity contribution is -0.142. The topological polar surface area (TPSA) is 58.6 Å². The fraction of sp³-hybridized carbons (Fsp3) is 0.417. The van der Waals surface area contributed by atoms with Crippen LogP contribution in [0.15, 0.2) is 48.5 Å². The van der Waals surface area contributed by atoms with Gasteiger partial charge in [0.25, 0.3) is 0 Å². The molecule has 1 heterocycles. The van der Waals surface area contributed by atoms with Gasteiger partial charge in [-0.3, -0.25) is 9.59 Å². The maximum Gasteiger partial charge on any atom is 0.247 e. The Bertz CT molecular complexity index is 889. The number of benzene rings is 2. The van der Waals surface area contributed by atoms with E-state index < -0.39 is 6.04 Å². The average molecular weight is 392 g/mol. The quantitative estimate of drug-likeness (QED) is 0.814. The SMILES string of the molecule is CCOc1ccc([C@H](C)NC(=O)[C@@H]2c3ccccc3CCN2C(=O)C2CC2)cc1. The van der Waals surface area contributed by atoms with Gasteiger partial charge in [-0.15, -0.1) is 0 Å². The Morgan fingerprint density at radius 2 is 1.86 bits per heavy atom. The highest BCUT2D eigenvalue weighted by Gasteiger charge is 2.41. The number of rotatable bonds is 6. The monoisotopic (exact) mass is 392 g/mol. The number of carbonyl (C=O) groups excluding carboxylic acids is 2. The minimum Gasteiger partial charge on any atom is -0.494 e. The van der Waals surface area contributed by atoms with Crippen molar-refractivity contribution in [2.45, 2.75) is 45.2 Å². The second kappa shape index (κ2) is 8.27. The fourth-order valence-corrected chi connectivity index (χ4v) is 4.05. The third kappa shape index (κ3) is 4.14. The zero-order chi connectivity index (χ0) is 20.4. The van der Waals surface area contributed by atoms with E-state index in [0.717, 1.165) is 41.7 Å². The van der Waals surface area contributed by atoms with Crippen molar-refractivity contribution in [3.05, 3.63) is 65.2 Å². The van der Waals surface area contributed by atoms with Crippen LogP contribution in [0, 0.1) is 5.92 Å². The van der Waals surface area contributed by atoms with Crippen LogP contribution in [0.2, 0.25) is 0 Å². The van der Waals surface area contributed by atoms with Crippen molar-refractivity contribution in [1.29, 1.82) is 0 Å². The zero-order valence-electron chi connectivity index (χ0n) is 17.1. The van der Waals surface area contributed by atoms with Crippen LogP contribution in [-0.2, 0) is 16.0 Å². The van der Waals surface area contributed by atoms with Gasteiger partial charge in [-0.05, 0) is 61.9 Å². The molecule has 0 saturated heterocycles. The van der Waals surface area contributed by atoms with Crippen molar-refractivity contribution in [2.75, 3.05) is 13.2 Å². The van der Waals surface area contributed by atoms with E-state index in [-0.39, 0.29) is 23.8 Å². The molecule has 2 atom stereocenters. The van der Waals surface area contributed by atoms with Crippen molar-refractivity contribution in [3.63, 3.8) is 0 Å². The van der Waals surface area contributed by atoms with E-state index in [9.17, 15) is 9.59 Å². The molecule has 2 amide bonds. The van der Waals surface area contributed by atoms with Gasteiger partial charge in [0.2, 0.25) is 11.8 Å². The van der Waals surface area contributed by atoms with E-state index in [1.54, 1.807) is 4.90 Å². The zero-order valence-corrected chi connectivity index (χ0v) is 17.1. The first-order valence-electron chi connectivity index (χ1n) is 10.5. The van der Waals surface area contributed by atoms with Crippen LogP contribution in [0.1, 0.15) is 55.5 Å². The number of nitrogens with zero attached hydrogens (tertiary/aromatic N) is 1. The predicted octanol–water partition coefficient (Wildman–Crippen LogP) is 3.80. The lowest BCUT2D eigenvalue weighted by atomic mass is 9.91. The summed E-state index contributed by atoms with van der Waals surface area (Å²) in [5.74, 6) is 0.914. The molecule has 1 fully saturated rings. The molecule has 0 radical (unpaired) electrons. The van der Waals surface area contributed by atoms with Gasteiger partial charge in [-0.25, -0.2) is 0 Å². The Labute approximate surface area is 172 Å². The molecule has 0 bridgehead atoms. The number of ether oxygens (including phenoxy) is 1. The summed E-state index contributed by atoms with van der Waals surface area (Å²) in [7, 11) is 0. The molecular weight excluding hydrogens is 364 g/mol. The van der Waals surface area contributed by atoms with Crippen LogP contribution < -0.4 is 10.1 Å². The lowest BCUT2D eigenvalue weighted by Gasteiger charge is -2.37. The highest BCUT2D eigenvalue weighted by Crippen LogP contribution is 2.37. The molecule has 5 heteroatoms. The molecule has 0 unspecified atom stereocenters. The summed E-state index contributed by atoms with van der Waals surface area (Å²) in [6.07, 6.45) is 2.68. The summed E-state index contributed by atoms with van der Waals surface area (Å²) in [5, 5.41) is 3.13. The molecule has 4 rings (SSSR count). The Hall–Kier alpha value is -2.82. The Morgan fingerprint density at radius 3 is 2.55 bits per heavy atom. The normalized spacial score (nSPS) is 19.2. The van der Waals surface area contributed by atoms with Crippen LogP contribution in [0.5, 0.6) is 5.75 Å². The van der Waals surface area contributed by atoms with E-state index in [1.807, 2.05) is 56.3 Å². The molecule has 2 aliphatic rings. The molecule has 1 aliphatic heterocycles. The molecule has 5 nitrogen and oxygen atoms in total. The first kappa shape index (κ1) is 19.5. The van der Waals surface area contributed by atoms with E-state index in [1.165, 1.54) is 0 Å². The van der Waals surface area contributed by atoms with Crippen LogP contribution >= 0.6 is 0 Å². The number of hydrogen-bond donors (Lipinski definition) is 1. The van der Waals surface area contributed by atoms with Gasteiger partial charge < -0.3 is 15.0 Å². The average Bonchev–Trinajstić information content (AvgIpc) is 3.58. The largest absolute Gasteiger partial charge is 0.494 e. The standard InChI is InChI=1S/C24H28N2O3/c1-3-29-20-12-10-17(11-13-20)16(2)25-23(27)22-21-7-5-4-6-18(21)14-15-26(22)24(28)19-8-9-19/h4-7,10-13,16,19,22H,3,8-9,14-15H2,1-2H3,(H,25,27)/t16-,22-/m0/s1. The minimum absolute atomic E-state index is 0.0964. The molecule has 152 valence electrons. The van der Waals surface area contributed by atoms with Crippen molar-refractivity contribution in [3.8, 4) is 5.75 Å². The first-order valence-corrected chi connectivity index (χ1v) is 10.5. The van der Waals surface area contributed by atoms with E-state index in [2.05, 4.69) is 11.4 Å². The van der Waals surface area contributed by atoms with Gasteiger partial charge in [-0.1, -0.05) is 36.4 Å². The summed E-state index contributed by atoms with van der Waals surface area (Å²) >= 11 is 0.